The minimum absolute atomic E-state index is 0.0664. The first-order valence-corrected chi connectivity index (χ1v) is 14.0. The third-order valence-corrected chi connectivity index (χ3v) is 6.36. The number of unbranched alkanes of at least 4 members (excludes halogenated alkanes) is 2. The molecule has 1 aromatic rings. The average Bonchev–Trinajstić information content (AvgIpc) is 2.93. The maximum absolute atomic E-state index is 13.4. The van der Waals surface area contributed by atoms with Crippen LogP contribution in [0, 0.1) is 0 Å². The Kier molecular flexibility index (Phi) is 17.4. The number of hydrogen-bond donors (Lipinski definition) is 9. The van der Waals surface area contributed by atoms with Gasteiger partial charge in [0, 0.05) is 13.0 Å². The molecule has 0 heterocycles. The van der Waals surface area contributed by atoms with Crippen molar-refractivity contribution in [3.05, 3.63) is 35.9 Å². The number of amides is 3. The van der Waals surface area contributed by atoms with Crippen LogP contribution in [0.5, 0.6) is 0 Å². The van der Waals surface area contributed by atoms with Gasteiger partial charge >= 0.3 is 5.97 Å². The number of carbonyl (C=O) groups excluding carboxylic acids is 3. The summed E-state index contributed by atoms with van der Waals surface area (Å²) in [6.07, 6.45) is 3.70. The summed E-state index contributed by atoms with van der Waals surface area (Å²) in [4.78, 5) is 55.1. The van der Waals surface area contributed by atoms with E-state index in [1.54, 1.807) is 30.3 Å². The summed E-state index contributed by atoms with van der Waals surface area (Å²) in [5, 5.41) is 17.6. The Morgan fingerprint density at radius 2 is 1.24 bits per heavy atom. The number of aliphatic carboxylic acids is 1. The van der Waals surface area contributed by atoms with Gasteiger partial charge in [0.25, 0.3) is 0 Å². The first kappa shape index (κ1) is 35.3. The molecule has 0 fully saturated rings. The van der Waals surface area contributed by atoms with E-state index in [1.807, 2.05) is 0 Å². The third-order valence-electron chi connectivity index (χ3n) is 6.36. The van der Waals surface area contributed by atoms with Gasteiger partial charge in [0.2, 0.25) is 17.7 Å². The lowest BCUT2D eigenvalue weighted by atomic mass is 10.0. The summed E-state index contributed by atoms with van der Waals surface area (Å²) in [6, 6.07) is 4.75. The molecule has 0 aliphatic rings. The monoisotopic (exact) mass is 577 g/mol. The van der Waals surface area contributed by atoms with Gasteiger partial charge in [-0.25, -0.2) is 4.79 Å². The molecule has 14 heteroatoms. The Balaban J connectivity index is 3.03. The van der Waals surface area contributed by atoms with E-state index < -0.39 is 47.9 Å². The molecule has 1 rings (SSSR count). The number of hydrogen-bond acceptors (Lipinski definition) is 8. The van der Waals surface area contributed by atoms with Crippen LogP contribution in [0.3, 0.4) is 0 Å². The standard InChI is InChI=1S/C27H47N9O5/c28-14-6-4-11-19(30)23(37)34-21(13-8-16-33-27(31)32)24(38)35-20(12-5-7-15-29)25(39)36-22(26(40)41)17-18-9-2-1-3-10-18/h1-3,9-10,19-22H,4-8,11-17,28-30H2,(H,34,37)(H,35,38)(H,36,39)(H,40,41)(H4,31,32,33). The predicted molar refractivity (Wildman–Crippen MR) is 157 cm³/mol. The van der Waals surface area contributed by atoms with Gasteiger partial charge in [-0.05, 0) is 63.6 Å². The SMILES string of the molecule is NCCCCC(N)C(=O)NC(CCCN=C(N)N)C(=O)NC(CCCCN)C(=O)NC(Cc1ccccc1)C(=O)O. The van der Waals surface area contributed by atoms with Gasteiger partial charge in [0.05, 0.1) is 6.04 Å². The van der Waals surface area contributed by atoms with E-state index >= 15 is 0 Å². The van der Waals surface area contributed by atoms with Crippen molar-refractivity contribution < 1.29 is 24.3 Å². The summed E-state index contributed by atoms with van der Waals surface area (Å²) in [6.45, 7) is 1.09. The highest BCUT2D eigenvalue weighted by Crippen LogP contribution is 2.08. The molecule has 0 aliphatic carbocycles. The van der Waals surface area contributed by atoms with Crippen molar-refractivity contribution in [1.82, 2.24) is 16.0 Å². The fourth-order valence-electron chi connectivity index (χ4n) is 4.05. The molecule has 0 aliphatic heterocycles. The van der Waals surface area contributed by atoms with Crippen LogP contribution in [0.15, 0.2) is 35.3 Å². The number of carboxylic acid groups (broad SMARTS) is 1. The molecule has 4 atom stereocenters. The molecule has 14 nitrogen and oxygen atoms in total. The molecular formula is C27H47N9O5. The lowest BCUT2D eigenvalue weighted by Gasteiger charge is -2.25. The quantitative estimate of drug-likeness (QED) is 0.0459. The molecule has 1 aromatic carbocycles. The van der Waals surface area contributed by atoms with Crippen molar-refractivity contribution in [2.45, 2.75) is 82.0 Å². The lowest BCUT2D eigenvalue weighted by Crippen LogP contribution is -2.57. The van der Waals surface area contributed by atoms with E-state index in [0.29, 0.717) is 51.6 Å². The number of benzene rings is 1. The van der Waals surface area contributed by atoms with Gasteiger partial charge in [-0.1, -0.05) is 36.8 Å². The number of rotatable bonds is 21. The molecular weight excluding hydrogens is 530 g/mol. The van der Waals surface area contributed by atoms with Crippen molar-refractivity contribution in [1.29, 1.82) is 0 Å². The lowest BCUT2D eigenvalue weighted by molar-refractivity contribution is -0.142. The minimum Gasteiger partial charge on any atom is -0.480 e. The number of carboxylic acids is 1. The van der Waals surface area contributed by atoms with Crippen LogP contribution < -0.4 is 44.6 Å². The summed E-state index contributed by atoms with van der Waals surface area (Å²) < 4.78 is 0. The highest BCUT2D eigenvalue weighted by Gasteiger charge is 2.30. The van der Waals surface area contributed by atoms with Gasteiger partial charge in [0.1, 0.15) is 18.1 Å². The normalized spacial score (nSPS) is 13.7. The molecule has 0 spiro atoms. The van der Waals surface area contributed by atoms with Crippen LogP contribution in [0.25, 0.3) is 0 Å². The molecule has 0 aromatic heterocycles. The van der Waals surface area contributed by atoms with Crippen molar-refractivity contribution in [2.75, 3.05) is 19.6 Å². The highest BCUT2D eigenvalue weighted by molar-refractivity contribution is 5.94. The zero-order valence-electron chi connectivity index (χ0n) is 23.6. The molecule has 0 bridgehead atoms. The second-order valence-corrected chi connectivity index (χ2v) is 9.84. The van der Waals surface area contributed by atoms with E-state index in [-0.39, 0.29) is 31.8 Å². The number of nitrogens with one attached hydrogen (secondary N) is 3. The summed E-state index contributed by atoms with van der Waals surface area (Å²) >= 11 is 0. The largest absolute Gasteiger partial charge is 0.480 e. The fraction of sp³-hybridized carbons (Fsp3) is 0.593. The van der Waals surface area contributed by atoms with Crippen LogP contribution in [0.4, 0.5) is 0 Å². The Bertz CT molecular complexity index is 973. The number of carbonyl (C=O) groups is 4. The number of nitrogens with two attached hydrogens (primary N) is 5. The summed E-state index contributed by atoms with van der Waals surface area (Å²) in [7, 11) is 0. The van der Waals surface area contributed by atoms with Crippen molar-refractivity contribution in [3.8, 4) is 0 Å². The van der Waals surface area contributed by atoms with Gasteiger partial charge in [-0.2, -0.15) is 0 Å². The van der Waals surface area contributed by atoms with Crippen molar-refractivity contribution in [3.63, 3.8) is 0 Å². The Morgan fingerprint density at radius 3 is 1.78 bits per heavy atom. The smallest absolute Gasteiger partial charge is 0.326 e. The van der Waals surface area contributed by atoms with Crippen LogP contribution >= 0.6 is 0 Å². The fourth-order valence-corrected chi connectivity index (χ4v) is 4.05. The van der Waals surface area contributed by atoms with Gasteiger partial charge < -0.3 is 49.7 Å². The zero-order chi connectivity index (χ0) is 30.6. The van der Waals surface area contributed by atoms with Crippen molar-refractivity contribution in [2.24, 2.45) is 33.7 Å². The molecule has 0 radical (unpaired) electrons. The maximum atomic E-state index is 13.4. The van der Waals surface area contributed by atoms with E-state index in [9.17, 15) is 24.3 Å². The van der Waals surface area contributed by atoms with E-state index in [2.05, 4.69) is 20.9 Å². The van der Waals surface area contributed by atoms with Crippen LogP contribution in [-0.4, -0.2) is 78.6 Å². The molecule has 0 saturated heterocycles. The Morgan fingerprint density at radius 1 is 0.732 bits per heavy atom. The second kappa shape index (κ2) is 20.2. The van der Waals surface area contributed by atoms with E-state index in [0.717, 1.165) is 5.56 Å². The number of aliphatic imine (C=N–C) groups is 1. The van der Waals surface area contributed by atoms with Crippen molar-refractivity contribution >= 4 is 29.7 Å². The molecule has 4 unspecified atom stereocenters. The van der Waals surface area contributed by atoms with Gasteiger partial charge in [-0.3, -0.25) is 19.4 Å². The summed E-state index contributed by atoms with van der Waals surface area (Å²) in [5.41, 5.74) is 28.6. The van der Waals surface area contributed by atoms with Crippen LogP contribution in [-0.2, 0) is 25.6 Å². The number of guanidine groups is 1. The molecule has 0 saturated carbocycles. The molecule has 230 valence electrons. The van der Waals surface area contributed by atoms with Crippen LogP contribution in [0.1, 0.15) is 56.9 Å². The maximum Gasteiger partial charge on any atom is 0.326 e. The second-order valence-electron chi connectivity index (χ2n) is 9.84. The molecule has 41 heavy (non-hydrogen) atoms. The Labute approximate surface area is 241 Å². The topological polar surface area (TPSA) is 267 Å². The first-order valence-electron chi connectivity index (χ1n) is 14.0. The third kappa shape index (κ3) is 15.0. The predicted octanol–water partition coefficient (Wildman–Crippen LogP) is -1.59. The molecule has 14 N–H and O–H groups in total. The van der Waals surface area contributed by atoms with Gasteiger partial charge in [-0.15, -0.1) is 0 Å². The molecule has 3 amide bonds. The first-order chi connectivity index (χ1) is 19.6. The summed E-state index contributed by atoms with van der Waals surface area (Å²) in [5.74, 6) is -3.08. The van der Waals surface area contributed by atoms with E-state index in [4.69, 9.17) is 28.7 Å². The highest BCUT2D eigenvalue weighted by atomic mass is 16.4. The minimum atomic E-state index is -1.21. The van der Waals surface area contributed by atoms with Gasteiger partial charge in [0.15, 0.2) is 5.96 Å². The zero-order valence-corrected chi connectivity index (χ0v) is 23.6. The van der Waals surface area contributed by atoms with E-state index in [1.165, 1.54) is 0 Å². The average molecular weight is 578 g/mol. The Hall–Kier alpha value is -3.75. The van der Waals surface area contributed by atoms with Crippen LogP contribution in [0.2, 0.25) is 0 Å². The number of nitrogens with zero attached hydrogens (tertiary/aromatic N) is 1.